The van der Waals surface area contributed by atoms with Crippen molar-refractivity contribution in [1.82, 2.24) is 14.7 Å². The Hall–Kier alpha value is -0.160. The first kappa shape index (κ1) is 13.3. The molecule has 3 atom stereocenters. The van der Waals surface area contributed by atoms with Crippen LogP contribution in [0.5, 0.6) is 0 Å². The number of nitrogens with zero attached hydrogens (tertiary/aromatic N) is 3. The van der Waals surface area contributed by atoms with Crippen LogP contribution in [0.15, 0.2) is 0 Å². The van der Waals surface area contributed by atoms with Gasteiger partial charge in [-0.25, -0.2) is 0 Å². The zero-order chi connectivity index (χ0) is 12.6. The van der Waals surface area contributed by atoms with Crippen molar-refractivity contribution in [3.63, 3.8) is 0 Å². The van der Waals surface area contributed by atoms with E-state index in [0.29, 0.717) is 12.1 Å². The zero-order valence-corrected chi connectivity index (χ0v) is 11.8. The summed E-state index contributed by atoms with van der Waals surface area (Å²) in [5, 5.41) is 0. The molecule has 2 rings (SSSR count). The average molecular weight is 240 g/mol. The Balaban J connectivity index is 2.13. The van der Waals surface area contributed by atoms with Crippen molar-refractivity contribution in [3.8, 4) is 0 Å². The molecule has 4 nitrogen and oxygen atoms in total. The van der Waals surface area contributed by atoms with Gasteiger partial charge >= 0.3 is 0 Å². The van der Waals surface area contributed by atoms with Crippen molar-refractivity contribution in [2.24, 2.45) is 5.73 Å². The quantitative estimate of drug-likeness (QED) is 0.739. The fourth-order valence-electron chi connectivity index (χ4n) is 3.71. The third-order valence-electron chi connectivity index (χ3n) is 4.79. The SMILES string of the molecule is CC1CC(CN)(N2CCN(C)CC2C)CN1C. The third kappa shape index (κ3) is 2.36. The minimum absolute atomic E-state index is 0.217. The second kappa shape index (κ2) is 4.84. The minimum Gasteiger partial charge on any atom is -0.329 e. The van der Waals surface area contributed by atoms with E-state index in [2.05, 4.69) is 42.6 Å². The molecule has 2 N–H and O–H groups in total. The molecule has 0 bridgehead atoms. The Kier molecular flexibility index (Phi) is 3.78. The normalized spacial score (nSPS) is 42.2. The highest BCUT2D eigenvalue weighted by molar-refractivity contribution is 5.05. The third-order valence-corrected chi connectivity index (χ3v) is 4.79. The molecule has 2 heterocycles. The number of nitrogens with two attached hydrogens (primary N) is 1. The van der Waals surface area contributed by atoms with Crippen molar-refractivity contribution in [1.29, 1.82) is 0 Å². The number of hydrogen-bond acceptors (Lipinski definition) is 4. The standard InChI is InChI=1S/C13H28N4/c1-11-7-13(9-14,10-16(11)4)17-6-5-15(3)8-12(17)2/h11-12H,5-10,14H2,1-4H3. The maximum absolute atomic E-state index is 6.14. The monoisotopic (exact) mass is 240 g/mol. The van der Waals surface area contributed by atoms with Gasteiger partial charge in [-0.1, -0.05) is 0 Å². The number of rotatable bonds is 2. The van der Waals surface area contributed by atoms with Crippen molar-refractivity contribution < 1.29 is 0 Å². The van der Waals surface area contributed by atoms with Gasteiger partial charge in [-0.2, -0.15) is 0 Å². The molecule has 2 fully saturated rings. The lowest BCUT2D eigenvalue weighted by Gasteiger charge is -2.48. The van der Waals surface area contributed by atoms with E-state index >= 15 is 0 Å². The molecule has 0 radical (unpaired) electrons. The molecule has 2 aliphatic rings. The van der Waals surface area contributed by atoms with Gasteiger partial charge in [0.2, 0.25) is 0 Å². The lowest BCUT2D eigenvalue weighted by Crippen LogP contribution is -2.64. The van der Waals surface area contributed by atoms with Crippen LogP contribution in [0, 0.1) is 0 Å². The summed E-state index contributed by atoms with van der Waals surface area (Å²) in [4.78, 5) is 7.55. The van der Waals surface area contributed by atoms with E-state index in [1.807, 2.05) is 0 Å². The lowest BCUT2D eigenvalue weighted by molar-refractivity contribution is 0.00877. The smallest absolute Gasteiger partial charge is 0.0477 e. The summed E-state index contributed by atoms with van der Waals surface area (Å²) in [5.41, 5.74) is 6.36. The van der Waals surface area contributed by atoms with Gasteiger partial charge in [-0.15, -0.1) is 0 Å². The van der Waals surface area contributed by atoms with Crippen LogP contribution in [0.4, 0.5) is 0 Å². The molecule has 0 spiro atoms. The predicted octanol–water partition coefficient (Wildman–Crippen LogP) is 0.0438. The highest BCUT2D eigenvalue weighted by Gasteiger charge is 2.46. The second-order valence-electron chi connectivity index (χ2n) is 6.20. The van der Waals surface area contributed by atoms with E-state index in [4.69, 9.17) is 5.73 Å². The number of likely N-dealkylation sites (N-methyl/N-ethyl adjacent to an activating group) is 2. The topological polar surface area (TPSA) is 35.7 Å². The predicted molar refractivity (Wildman–Crippen MR) is 72.2 cm³/mol. The summed E-state index contributed by atoms with van der Waals surface area (Å²) in [7, 11) is 4.44. The highest BCUT2D eigenvalue weighted by atomic mass is 15.4. The van der Waals surface area contributed by atoms with Crippen LogP contribution in [0.1, 0.15) is 20.3 Å². The Morgan fingerprint density at radius 3 is 2.35 bits per heavy atom. The number of likely N-dealkylation sites (tertiary alicyclic amines) is 1. The molecule has 100 valence electrons. The number of piperazine rings is 1. The first-order valence-electron chi connectivity index (χ1n) is 6.84. The van der Waals surface area contributed by atoms with Crippen LogP contribution in [-0.2, 0) is 0 Å². The summed E-state index contributed by atoms with van der Waals surface area (Å²) < 4.78 is 0. The fraction of sp³-hybridized carbons (Fsp3) is 1.00. The van der Waals surface area contributed by atoms with Gasteiger partial charge in [0.15, 0.2) is 0 Å². The molecule has 3 unspecified atom stereocenters. The molecule has 0 saturated carbocycles. The molecule has 2 saturated heterocycles. The molecule has 0 aromatic heterocycles. The average Bonchev–Trinajstić information content (AvgIpc) is 2.55. The van der Waals surface area contributed by atoms with E-state index in [0.717, 1.165) is 19.6 Å². The molecule has 0 aromatic carbocycles. The minimum atomic E-state index is 0.217. The molecule has 17 heavy (non-hydrogen) atoms. The molecule has 0 aromatic rings. The van der Waals surface area contributed by atoms with E-state index < -0.39 is 0 Å². The maximum atomic E-state index is 6.14. The number of hydrogen-bond donors (Lipinski definition) is 1. The van der Waals surface area contributed by atoms with Crippen molar-refractivity contribution in [3.05, 3.63) is 0 Å². The Morgan fingerprint density at radius 2 is 1.88 bits per heavy atom. The Labute approximate surface area is 106 Å². The summed E-state index contributed by atoms with van der Waals surface area (Å²) in [6, 6.07) is 1.28. The van der Waals surface area contributed by atoms with Gasteiger partial charge < -0.3 is 15.5 Å². The van der Waals surface area contributed by atoms with Crippen molar-refractivity contribution in [2.45, 2.75) is 37.9 Å². The molecular weight excluding hydrogens is 212 g/mol. The summed E-state index contributed by atoms with van der Waals surface area (Å²) in [6.45, 7) is 10.1. The van der Waals surface area contributed by atoms with Crippen LogP contribution in [-0.4, -0.2) is 79.1 Å². The van der Waals surface area contributed by atoms with Gasteiger partial charge in [0.25, 0.3) is 0 Å². The molecule has 0 aliphatic carbocycles. The lowest BCUT2D eigenvalue weighted by atomic mass is 9.91. The zero-order valence-electron chi connectivity index (χ0n) is 11.8. The van der Waals surface area contributed by atoms with Gasteiger partial charge in [-0.05, 0) is 34.4 Å². The Bertz CT molecular complexity index is 258. The van der Waals surface area contributed by atoms with E-state index in [-0.39, 0.29) is 5.54 Å². The van der Waals surface area contributed by atoms with Crippen LogP contribution in [0.2, 0.25) is 0 Å². The van der Waals surface area contributed by atoms with Crippen LogP contribution < -0.4 is 5.73 Å². The van der Waals surface area contributed by atoms with Gasteiger partial charge in [0, 0.05) is 50.3 Å². The second-order valence-corrected chi connectivity index (χ2v) is 6.20. The van der Waals surface area contributed by atoms with Gasteiger partial charge in [-0.3, -0.25) is 4.90 Å². The first-order chi connectivity index (χ1) is 7.98. The van der Waals surface area contributed by atoms with Crippen molar-refractivity contribution in [2.75, 3.05) is 46.8 Å². The molecule has 4 heteroatoms. The van der Waals surface area contributed by atoms with E-state index in [1.54, 1.807) is 0 Å². The van der Waals surface area contributed by atoms with Crippen molar-refractivity contribution >= 4 is 0 Å². The largest absolute Gasteiger partial charge is 0.329 e. The summed E-state index contributed by atoms with van der Waals surface area (Å²) >= 11 is 0. The van der Waals surface area contributed by atoms with E-state index in [9.17, 15) is 0 Å². The molecule has 2 aliphatic heterocycles. The van der Waals surface area contributed by atoms with E-state index in [1.165, 1.54) is 19.5 Å². The van der Waals surface area contributed by atoms with Crippen LogP contribution >= 0.6 is 0 Å². The summed E-state index contributed by atoms with van der Waals surface area (Å²) in [5.74, 6) is 0. The van der Waals surface area contributed by atoms with Crippen LogP contribution in [0.25, 0.3) is 0 Å². The molecule has 0 amide bonds. The fourth-order valence-corrected chi connectivity index (χ4v) is 3.71. The van der Waals surface area contributed by atoms with Gasteiger partial charge in [0.1, 0.15) is 0 Å². The maximum Gasteiger partial charge on any atom is 0.0477 e. The van der Waals surface area contributed by atoms with Crippen LogP contribution in [0.3, 0.4) is 0 Å². The molecular formula is C13H28N4. The van der Waals surface area contributed by atoms with Gasteiger partial charge in [0.05, 0.1) is 0 Å². The summed E-state index contributed by atoms with van der Waals surface area (Å²) in [6.07, 6.45) is 1.22. The first-order valence-corrected chi connectivity index (χ1v) is 6.84. The highest BCUT2D eigenvalue weighted by Crippen LogP contribution is 2.33. The Morgan fingerprint density at radius 1 is 1.18 bits per heavy atom.